The lowest BCUT2D eigenvalue weighted by Gasteiger charge is -2.29. The van der Waals surface area contributed by atoms with Crippen molar-refractivity contribution in [3.05, 3.63) is 29.5 Å². The topological polar surface area (TPSA) is 58.4 Å². The number of aryl methyl sites for hydroxylation is 1. The Hall–Kier alpha value is -2.08. The third-order valence-corrected chi connectivity index (χ3v) is 4.84. The molecule has 3 rings (SSSR count). The summed E-state index contributed by atoms with van der Waals surface area (Å²) in [6.45, 7) is 5.38. The molecule has 1 fully saturated rings. The van der Waals surface area contributed by atoms with Gasteiger partial charge in [0.05, 0.1) is 11.4 Å². The van der Waals surface area contributed by atoms with E-state index in [1.54, 1.807) is 0 Å². The van der Waals surface area contributed by atoms with E-state index in [1.165, 1.54) is 6.92 Å². The Morgan fingerprint density at radius 1 is 1.44 bits per heavy atom. The number of hydrogen-bond donors (Lipinski definition) is 1. The number of benzene rings is 1. The summed E-state index contributed by atoms with van der Waals surface area (Å²) >= 11 is 0. The van der Waals surface area contributed by atoms with E-state index in [0.717, 1.165) is 66.7 Å². The van der Waals surface area contributed by atoms with Crippen LogP contribution < -0.4 is 5.32 Å². The Balaban J connectivity index is 1.81. The first kappa shape index (κ1) is 17.7. The van der Waals surface area contributed by atoms with E-state index in [-0.39, 0.29) is 5.91 Å². The number of fused-ring (bicyclic) bond motifs is 1. The molecule has 1 aliphatic heterocycles. The number of carbonyl (C=O) groups is 1. The lowest BCUT2D eigenvalue weighted by molar-refractivity contribution is -0.114. The lowest BCUT2D eigenvalue weighted by atomic mass is 9.90. The van der Waals surface area contributed by atoms with Gasteiger partial charge in [0, 0.05) is 17.9 Å². The molecule has 1 aliphatic rings. The van der Waals surface area contributed by atoms with Crippen molar-refractivity contribution < 1.29 is 9.32 Å². The summed E-state index contributed by atoms with van der Waals surface area (Å²) in [7, 11) is 5.83. The van der Waals surface area contributed by atoms with Crippen molar-refractivity contribution in [2.45, 2.75) is 39.5 Å². The molecule has 1 aromatic carbocycles. The summed E-state index contributed by atoms with van der Waals surface area (Å²) in [4.78, 5) is 13.3. The zero-order valence-corrected chi connectivity index (χ0v) is 14.9. The molecule has 0 atom stereocenters. The molecule has 1 aromatic heterocycles. The van der Waals surface area contributed by atoms with Crippen LogP contribution in [-0.4, -0.2) is 36.9 Å². The second-order valence-corrected chi connectivity index (χ2v) is 6.73. The Labute approximate surface area is 149 Å². The number of nitrogens with one attached hydrogen (secondary N) is 1. The van der Waals surface area contributed by atoms with Crippen LogP contribution >= 0.6 is 0 Å². The number of hydrogen-bond acceptors (Lipinski definition) is 4. The second-order valence-electron chi connectivity index (χ2n) is 6.73. The van der Waals surface area contributed by atoms with Crippen LogP contribution in [-0.2, 0) is 11.2 Å². The summed E-state index contributed by atoms with van der Waals surface area (Å²) in [5.41, 5.74) is 3.34. The second kappa shape index (κ2) is 7.87. The van der Waals surface area contributed by atoms with Crippen molar-refractivity contribution in [2.24, 2.45) is 5.92 Å². The number of piperidine rings is 1. The first-order valence-electron chi connectivity index (χ1n) is 8.89. The minimum atomic E-state index is -0.101. The Morgan fingerprint density at radius 2 is 2.20 bits per heavy atom. The molecule has 2 heterocycles. The third kappa shape index (κ3) is 4.13. The fraction of sp³-hybridized carbons (Fsp3) is 0.474. The summed E-state index contributed by atoms with van der Waals surface area (Å²) in [6, 6.07) is 3.91. The summed E-state index contributed by atoms with van der Waals surface area (Å²) in [6.07, 6.45) is 8.16. The van der Waals surface area contributed by atoms with Gasteiger partial charge in [0.1, 0.15) is 0 Å². The van der Waals surface area contributed by atoms with E-state index in [9.17, 15) is 4.79 Å². The summed E-state index contributed by atoms with van der Waals surface area (Å²) in [5, 5.41) is 8.18. The Bertz CT molecular complexity index is 776. The van der Waals surface area contributed by atoms with E-state index in [2.05, 4.69) is 10.5 Å². The highest BCUT2D eigenvalue weighted by molar-refractivity contribution is 6.04. The molecule has 1 saturated heterocycles. The molecule has 0 bridgehead atoms. The SMILES string of the molecule is [B]N1CCC(CCc2noc3c(/C=C/C)c(NC(C)=O)ccc23)CC1. The fourth-order valence-corrected chi connectivity index (χ4v) is 3.47. The van der Waals surface area contributed by atoms with E-state index in [1.807, 2.05) is 36.0 Å². The molecule has 1 N–H and O–H groups in total. The van der Waals surface area contributed by atoms with E-state index >= 15 is 0 Å². The molecule has 0 unspecified atom stereocenters. The predicted octanol–water partition coefficient (Wildman–Crippen LogP) is 3.55. The van der Waals surface area contributed by atoms with Gasteiger partial charge in [0.15, 0.2) is 13.6 Å². The van der Waals surface area contributed by atoms with Crippen molar-refractivity contribution in [1.82, 2.24) is 9.97 Å². The molecule has 2 radical (unpaired) electrons. The number of allylic oxidation sites excluding steroid dienone is 1. The lowest BCUT2D eigenvalue weighted by Crippen LogP contribution is -2.31. The van der Waals surface area contributed by atoms with Crippen molar-refractivity contribution >= 4 is 36.6 Å². The first-order valence-corrected chi connectivity index (χ1v) is 8.89. The van der Waals surface area contributed by atoms with Crippen LogP contribution in [0.1, 0.15) is 44.4 Å². The number of aromatic nitrogens is 1. The maximum Gasteiger partial charge on any atom is 0.221 e. The van der Waals surface area contributed by atoms with E-state index < -0.39 is 0 Å². The summed E-state index contributed by atoms with van der Waals surface area (Å²) < 4.78 is 5.63. The van der Waals surface area contributed by atoms with Gasteiger partial charge in [-0.15, -0.1) is 0 Å². The largest absolute Gasteiger partial charge is 0.355 e. The highest BCUT2D eigenvalue weighted by atomic mass is 16.5. The van der Waals surface area contributed by atoms with Gasteiger partial charge in [-0.2, -0.15) is 0 Å². The van der Waals surface area contributed by atoms with Gasteiger partial charge in [-0.3, -0.25) is 4.79 Å². The maximum atomic E-state index is 11.4. The minimum Gasteiger partial charge on any atom is -0.355 e. The number of rotatable bonds is 5. The number of nitrogens with zero attached hydrogens (tertiary/aromatic N) is 2. The normalized spacial score (nSPS) is 16.7. The molecule has 0 saturated carbocycles. The standard InChI is InChI=1S/C19H24BN3O2/c1-3-4-15-17(21-13(2)24)8-6-16-18(22-25-19(15)16)7-5-14-9-11-23(20)12-10-14/h3-4,6,8,14H,5,7,9-12H2,1-2H3,(H,21,24)/b4-3+. The molecule has 5 nitrogen and oxygen atoms in total. The number of amides is 1. The quantitative estimate of drug-likeness (QED) is 0.848. The molecular weight excluding hydrogens is 313 g/mol. The van der Waals surface area contributed by atoms with Crippen LogP contribution in [0.25, 0.3) is 17.0 Å². The highest BCUT2D eigenvalue weighted by Gasteiger charge is 2.19. The predicted molar refractivity (Wildman–Crippen MR) is 101 cm³/mol. The zero-order valence-electron chi connectivity index (χ0n) is 14.9. The number of carbonyl (C=O) groups excluding carboxylic acids is 1. The molecule has 1 amide bonds. The molecular formula is C19H24BN3O2. The first-order chi connectivity index (χ1) is 12.1. The monoisotopic (exact) mass is 337 g/mol. The highest BCUT2D eigenvalue weighted by Crippen LogP contribution is 2.31. The molecule has 0 aliphatic carbocycles. The molecule has 2 aromatic rings. The maximum absolute atomic E-state index is 11.4. The molecule has 0 spiro atoms. The van der Waals surface area contributed by atoms with Crippen molar-refractivity contribution in [3.8, 4) is 0 Å². The minimum absolute atomic E-state index is 0.101. The van der Waals surface area contributed by atoms with Gasteiger partial charge in [-0.25, -0.2) is 0 Å². The van der Waals surface area contributed by atoms with Crippen molar-refractivity contribution in [3.63, 3.8) is 0 Å². The van der Waals surface area contributed by atoms with Gasteiger partial charge >= 0.3 is 0 Å². The number of anilines is 1. The van der Waals surface area contributed by atoms with E-state index in [4.69, 9.17) is 12.5 Å². The van der Waals surface area contributed by atoms with E-state index in [0.29, 0.717) is 5.92 Å². The molecule has 25 heavy (non-hydrogen) atoms. The van der Waals surface area contributed by atoms with Gasteiger partial charge in [0.2, 0.25) is 5.91 Å². The Morgan fingerprint density at radius 3 is 2.88 bits per heavy atom. The van der Waals surface area contributed by atoms with Gasteiger partial charge < -0.3 is 14.7 Å². The van der Waals surface area contributed by atoms with Crippen LogP contribution in [0.5, 0.6) is 0 Å². The van der Waals surface area contributed by atoms with Crippen LogP contribution in [0.2, 0.25) is 0 Å². The van der Waals surface area contributed by atoms with Gasteiger partial charge in [-0.1, -0.05) is 17.3 Å². The average Bonchev–Trinajstić information content (AvgIpc) is 2.99. The van der Waals surface area contributed by atoms with Crippen LogP contribution in [0, 0.1) is 5.92 Å². The fourth-order valence-electron chi connectivity index (χ4n) is 3.47. The molecule has 6 heteroatoms. The smallest absolute Gasteiger partial charge is 0.221 e. The van der Waals surface area contributed by atoms with Crippen LogP contribution in [0.3, 0.4) is 0 Å². The summed E-state index contributed by atoms with van der Waals surface area (Å²) in [5.74, 6) is 0.594. The Kier molecular flexibility index (Phi) is 5.58. The van der Waals surface area contributed by atoms with Crippen LogP contribution in [0.4, 0.5) is 5.69 Å². The average molecular weight is 337 g/mol. The van der Waals surface area contributed by atoms with Gasteiger partial charge in [0.25, 0.3) is 0 Å². The molecule has 130 valence electrons. The zero-order chi connectivity index (χ0) is 17.8. The van der Waals surface area contributed by atoms with Crippen molar-refractivity contribution in [2.75, 3.05) is 18.4 Å². The van der Waals surface area contributed by atoms with Gasteiger partial charge in [-0.05, 0) is 63.7 Å². The third-order valence-electron chi connectivity index (χ3n) is 4.84. The van der Waals surface area contributed by atoms with Crippen molar-refractivity contribution in [1.29, 1.82) is 0 Å². The van der Waals surface area contributed by atoms with Crippen LogP contribution in [0.15, 0.2) is 22.7 Å².